The van der Waals surface area contributed by atoms with Crippen LogP contribution >= 0.6 is 0 Å². The minimum Gasteiger partial charge on any atom is -0.479 e. The Kier molecular flexibility index (Phi) is 4.28. The van der Waals surface area contributed by atoms with Crippen LogP contribution in [0.5, 0.6) is 5.75 Å². The Labute approximate surface area is 137 Å². The number of rotatable bonds is 2. The molecule has 0 radical (unpaired) electrons. The van der Waals surface area contributed by atoms with E-state index in [1.807, 2.05) is 30.0 Å². The summed E-state index contributed by atoms with van der Waals surface area (Å²) in [4.78, 5) is 28.6. The molecule has 1 saturated heterocycles. The van der Waals surface area contributed by atoms with E-state index in [0.717, 1.165) is 31.5 Å². The predicted molar refractivity (Wildman–Crippen MR) is 88.6 cm³/mol. The largest absolute Gasteiger partial charge is 0.479 e. The van der Waals surface area contributed by atoms with E-state index in [1.165, 1.54) is 0 Å². The summed E-state index contributed by atoms with van der Waals surface area (Å²) in [6.45, 7) is 7.58. The highest BCUT2D eigenvalue weighted by Crippen LogP contribution is 2.34. The number of aryl methyl sites for hydroxylation is 1. The molecule has 23 heavy (non-hydrogen) atoms. The van der Waals surface area contributed by atoms with Crippen molar-refractivity contribution in [3.8, 4) is 5.75 Å². The monoisotopic (exact) mass is 316 g/mol. The van der Waals surface area contributed by atoms with Crippen molar-refractivity contribution in [3.63, 3.8) is 0 Å². The van der Waals surface area contributed by atoms with Crippen LogP contribution in [0.15, 0.2) is 18.2 Å². The first kappa shape index (κ1) is 15.8. The first-order valence-electron chi connectivity index (χ1n) is 8.32. The second-order valence-electron chi connectivity index (χ2n) is 6.72. The number of fused-ring (bicyclic) bond motifs is 1. The average Bonchev–Trinajstić information content (AvgIpc) is 2.53. The molecule has 1 atom stereocenters. The van der Waals surface area contributed by atoms with Gasteiger partial charge in [0, 0.05) is 13.1 Å². The Hall–Kier alpha value is -2.04. The molecule has 2 aliphatic heterocycles. The Morgan fingerprint density at radius 1 is 1.26 bits per heavy atom. The Balaban J connectivity index is 1.80. The van der Waals surface area contributed by atoms with Gasteiger partial charge in [0.05, 0.1) is 5.69 Å². The van der Waals surface area contributed by atoms with Crippen LogP contribution in [0, 0.1) is 12.8 Å². The maximum absolute atomic E-state index is 12.6. The van der Waals surface area contributed by atoms with Gasteiger partial charge in [0.1, 0.15) is 12.3 Å². The van der Waals surface area contributed by atoms with Gasteiger partial charge in [-0.2, -0.15) is 0 Å². The van der Waals surface area contributed by atoms with Crippen molar-refractivity contribution in [2.24, 2.45) is 5.92 Å². The lowest BCUT2D eigenvalue weighted by Gasteiger charge is -2.36. The summed E-state index contributed by atoms with van der Waals surface area (Å²) in [7, 11) is 0. The molecule has 0 aromatic heterocycles. The first-order chi connectivity index (χ1) is 11.0. The molecular weight excluding hydrogens is 292 g/mol. The highest BCUT2D eigenvalue weighted by Gasteiger charge is 2.34. The summed E-state index contributed by atoms with van der Waals surface area (Å²) >= 11 is 0. The second kappa shape index (κ2) is 6.22. The molecule has 5 nitrogen and oxygen atoms in total. The molecular formula is C18H24N2O3. The number of piperidine rings is 1. The molecule has 1 unspecified atom stereocenters. The number of benzene rings is 1. The molecule has 2 aliphatic rings. The molecule has 5 heteroatoms. The molecule has 1 fully saturated rings. The number of carbonyl (C=O) groups is 2. The minimum atomic E-state index is -0.556. The molecule has 2 heterocycles. The number of hydrogen-bond donors (Lipinski definition) is 0. The van der Waals surface area contributed by atoms with E-state index in [2.05, 4.69) is 6.92 Å². The SMILES string of the molecule is Cc1ccc2c(c1)N(CC(=O)N1CCC(C)CC1)C(=O)C(C)O2. The van der Waals surface area contributed by atoms with Gasteiger partial charge in [-0.05, 0) is 50.3 Å². The van der Waals surface area contributed by atoms with E-state index in [4.69, 9.17) is 4.74 Å². The zero-order valence-corrected chi connectivity index (χ0v) is 14.0. The second-order valence-corrected chi connectivity index (χ2v) is 6.72. The van der Waals surface area contributed by atoms with E-state index in [0.29, 0.717) is 17.4 Å². The van der Waals surface area contributed by atoms with E-state index >= 15 is 0 Å². The Morgan fingerprint density at radius 2 is 1.96 bits per heavy atom. The summed E-state index contributed by atoms with van der Waals surface area (Å²) in [6.07, 6.45) is 1.52. The minimum absolute atomic E-state index is 0.0202. The first-order valence-corrected chi connectivity index (χ1v) is 8.32. The molecule has 0 N–H and O–H groups in total. The molecule has 1 aromatic rings. The van der Waals surface area contributed by atoms with E-state index in [-0.39, 0.29) is 18.4 Å². The quantitative estimate of drug-likeness (QED) is 0.841. The van der Waals surface area contributed by atoms with Crippen LogP contribution in [-0.4, -0.2) is 42.5 Å². The van der Waals surface area contributed by atoms with Gasteiger partial charge in [-0.15, -0.1) is 0 Å². The fourth-order valence-electron chi connectivity index (χ4n) is 3.17. The molecule has 124 valence electrons. The van der Waals surface area contributed by atoms with Crippen molar-refractivity contribution < 1.29 is 14.3 Å². The normalized spacial score (nSPS) is 21.9. The van der Waals surface area contributed by atoms with Crippen LogP contribution in [0.4, 0.5) is 5.69 Å². The van der Waals surface area contributed by atoms with Gasteiger partial charge >= 0.3 is 0 Å². The maximum atomic E-state index is 12.6. The summed E-state index contributed by atoms with van der Waals surface area (Å²) < 4.78 is 5.65. The standard InChI is InChI=1S/C18H24N2O3/c1-12-6-8-19(9-7-12)17(21)11-20-15-10-13(2)4-5-16(15)23-14(3)18(20)22/h4-5,10,12,14H,6-9,11H2,1-3H3. The fourth-order valence-corrected chi connectivity index (χ4v) is 3.17. The Morgan fingerprint density at radius 3 is 2.65 bits per heavy atom. The summed E-state index contributed by atoms with van der Waals surface area (Å²) in [5.74, 6) is 1.21. The summed E-state index contributed by atoms with van der Waals surface area (Å²) in [5, 5.41) is 0. The highest BCUT2D eigenvalue weighted by molar-refractivity contribution is 6.03. The van der Waals surface area contributed by atoms with Crippen LogP contribution < -0.4 is 9.64 Å². The third-order valence-electron chi connectivity index (χ3n) is 4.75. The molecule has 0 bridgehead atoms. The maximum Gasteiger partial charge on any atom is 0.268 e. The zero-order valence-electron chi connectivity index (χ0n) is 14.0. The van der Waals surface area contributed by atoms with Crippen LogP contribution in [0.2, 0.25) is 0 Å². The van der Waals surface area contributed by atoms with Gasteiger partial charge in [0.15, 0.2) is 6.10 Å². The van der Waals surface area contributed by atoms with Crippen LogP contribution in [-0.2, 0) is 9.59 Å². The van der Waals surface area contributed by atoms with Gasteiger partial charge in [-0.1, -0.05) is 13.0 Å². The van der Waals surface area contributed by atoms with E-state index in [1.54, 1.807) is 11.8 Å². The molecule has 0 saturated carbocycles. The highest BCUT2D eigenvalue weighted by atomic mass is 16.5. The lowest BCUT2D eigenvalue weighted by molar-refractivity contribution is -0.134. The van der Waals surface area contributed by atoms with Crippen molar-refractivity contribution >= 4 is 17.5 Å². The van der Waals surface area contributed by atoms with Crippen LogP contribution in [0.1, 0.15) is 32.3 Å². The number of ether oxygens (including phenoxy) is 1. The van der Waals surface area contributed by atoms with Crippen LogP contribution in [0.3, 0.4) is 0 Å². The van der Waals surface area contributed by atoms with Gasteiger partial charge in [0.2, 0.25) is 5.91 Å². The lowest BCUT2D eigenvalue weighted by Crippen LogP contribution is -2.50. The third-order valence-corrected chi connectivity index (χ3v) is 4.75. The fraction of sp³-hybridized carbons (Fsp3) is 0.556. The number of hydrogen-bond acceptors (Lipinski definition) is 3. The van der Waals surface area contributed by atoms with Gasteiger partial charge < -0.3 is 9.64 Å². The van der Waals surface area contributed by atoms with E-state index in [9.17, 15) is 9.59 Å². The number of likely N-dealkylation sites (tertiary alicyclic amines) is 1. The summed E-state index contributed by atoms with van der Waals surface area (Å²) in [5.41, 5.74) is 1.74. The van der Waals surface area contributed by atoms with Crippen molar-refractivity contribution in [2.75, 3.05) is 24.5 Å². The number of carbonyl (C=O) groups excluding carboxylic acids is 2. The van der Waals surface area contributed by atoms with Crippen molar-refractivity contribution in [3.05, 3.63) is 23.8 Å². The number of anilines is 1. The van der Waals surface area contributed by atoms with Gasteiger partial charge in [-0.25, -0.2) is 0 Å². The van der Waals surface area contributed by atoms with Crippen molar-refractivity contribution in [1.29, 1.82) is 0 Å². The van der Waals surface area contributed by atoms with Gasteiger partial charge in [0.25, 0.3) is 5.91 Å². The van der Waals surface area contributed by atoms with Crippen LogP contribution in [0.25, 0.3) is 0 Å². The average molecular weight is 316 g/mol. The molecule has 0 aliphatic carbocycles. The zero-order chi connectivity index (χ0) is 16.6. The smallest absolute Gasteiger partial charge is 0.268 e. The molecule has 0 spiro atoms. The molecule has 2 amide bonds. The molecule has 1 aromatic carbocycles. The predicted octanol–water partition coefficient (Wildman–Crippen LogP) is 2.37. The molecule has 3 rings (SSSR count). The third kappa shape index (κ3) is 3.19. The topological polar surface area (TPSA) is 49.9 Å². The Bertz CT molecular complexity index is 621. The van der Waals surface area contributed by atoms with Crippen molar-refractivity contribution in [1.82, 2.24) is 4.90 Å². The number of nitrogens with zero attached hydrogens (tertiary/aromatic N) is 2. The van der Waals surface area contributed by atoms with Crippen molar-refractivity contribution in [2.45, 2.75) is 39.7 Å². The lowest BCUT2D eigenvalue weighted by atomic mass is 9.99. The summed E-state index contributed by atoms with van der Waals surface area (Å²) in [6, 6.07) is 5.73. The number of amides is 2. The van der Waals surface area contributed by atoms with E-state index < -0.39 is 6.10 Å². The van der Waals surface area contributed by atoms with Gasteiger partial charge in [-0.3, -0.25) is 14.5 Å².